The Morgan fingerprint density at radius 3 is 2.83 bits per heavy atom. The predicted molar refractivity (Wildman–Crippen MR) is 113 cm³/mol. The molecular formula is C21H23N3O4S. The second kappa shape index (κ2) is 7.51. The third-order valence-corrected chi connectivity index (χ3v) is 6.60. The van der Waals surface area contributed by atoms with Crippen LogP contribution in [0.15, 0.2) is 42.5 Å². The van der Waals surface area contributed by atoms with Crippen LogP contribution >= 0.6 is 0 Å². The van der Waals surface area contributed by atoms with Gasteiger partial charge in [-0.15, -0.1) is 0 Å². The van der Waals surface area contributed by atoms with Crippen molar-refractivity contribution in [3.8, 4) is 0 Å². The summed E-state index contributed by atoms with van der Waals surface area (Å²) in [5.41, 5.74) is 3.86. The summed E-state index contributed by atoms with van der Waals surface area (Å²) >= 11 is 0. The SMILES string of the molecule is CS(=O)(=O)N1CCCc2ccc(NC(=O)CC[C@@H]3C(=O)Nc4ccccc43)cc21. The first-order valence-corrected chi connectivity index (χ1v) is 11.5. The lowest BCUT2D eigenvalue weighted by Crippen LogP contribution is -2.34. The van der Waals surface area contributed by atoms with E-state index >= 15 is 0 Å². The molecule has 2 aliphatic rings. The summed E-state index contributed by atoms with van der Waals surface area (Å²) in [6, 6.07) is 12.9. The van der Waals surface area contributed by atoms with Gasteiger partial charge in [0.25, 0.3) is 0 Å². The summed E-state index contributed by atoms with van der Waals surface area (Å²) in [5, 5.41) is 5.68. The van der Waals surface area contributed by atoms with Crippen LogP contribution in [0.5, 0.6) is 0 Å². The Kier molecular flexibility index (Phi) is 5.04. The van der Waals surface area contributed by atoms with Crippen molar-refractivity contribution in [1.82, 2.24) is 0 Å². The molecular weight excluding hydrogens is 390 g/mol. The topological polar surface area (TPSA) is 95.6 Å². The third kappa shape index (κ3) is 3.98. The highest BCUT2D eigenvalue weighted by atomic mass is 32.2. The van der Waals surface area contributed by atoms with E-state index < -0.39 is 10.0 Å². The summed E-state index contributed by atoms with van der Waals surface area (Å²) < 4.78 is 25.5. The van der Waals surface area contributed by atoms with Crippen molar-refractivity contribution in [1.29, 1.82) is 0 Å². The van der Waals surface area contributed by atoms with E-state index in [1.807, 2.05) is 30.3 Å². The Balaban J connectivity index is 1.44. The summed E-state index contributed by atoms with van der Waals surface area (Å²) in [7, 11) is -3.36. The zero-order valence-corrected chi connectivity index (χ0v) is 17.0. The number of para-hydroxylation sites is 1. The number of fused-ring (bicyclic) bond motifs is 2. The van der Waals surface area contributed by atoms with Crippen molar-refractivity contribution in [2.75, 3.05) is 27.7 Å². The molecule has 2 aromatic carbocycles. The molecule has 7 nitrogen and oxygen atoms in total. The standard InChI is InChI=1S/C21H23N3O4S/c1-29(27,28)24-12-4-5-14-8-9-15(13-19(14)24)22-20(25)11-10-17-16-6-2-3-7-18(16)23-21(17)26/h2-3,6-9,13,17H,4-5,10-12H2,1H3,(H,22,25)(H,23,26)/t17-/m0/s1. The number of nitrogens with zero attached hydrogens (tertiary/aromatic N) is 1. The summed E-state index contributed by atoms with van der Waals surface area (Å²) in [4.78, 5) is 24.6. The Morgan fingerprint density at radius 2 is 2.03 bits per heavy atom. The Labute approximate surface area is 170 Å². The third-order valence-electron chi connectivity index (χ3n) is 5.42. The lowest BCUT2D eigenvalue weighted by molar-refractivity contribution is -0.118. The minimum atomic E-state index is -3.36. The van der Waals surface area contributed by atoms with E-state index in [4.69, 9.17) is 0 Å². The highest BCUT2D eigenvalue weighted by Gasteiger charge is 2.30. The maximum Gasteiger partial charge on any atom is 0.232 e. The molecule has 2 N–H and O–H groups in total. The number of carbonyl (C=O) groups is 2. The van der Waals surface area contributed by atoms with E-state index in [0.717, 1.165) is 29.7 Å². The van der Waals surface area contributed by atoms with E-state index in [1.54, 1.807) is 12.1 Å². The lowest BCUT2D eigenvalue weighted by Gasteiger charge is -2.29. The minimum absolute atomic E-state index is 0.0865. The van der Waals surface area contributed by atoms with Gasteiger partial charge in [0.2, 0.25) is 21.8 Å². The summed E-state index contributed by atoms with van der Waals surface area (Å²) in [6.45, 7) is 0.444. The van der Waals surface area contributed by atoms with Gasteiger partial charge in [0.05, 0.1) is 17.9 Å². The molecule has 4 rings (SSSR count). The van der Waals surface area contributed by atoms with Crippen LogP contribution in [0.2, 0.25) is 0 Å². The van der Waals surface area contributed by atoms with Crippen LogP contribution in [0, 0.1) is 0 Å². The molecule has 152 valence electrons. The van der Waals surface area contributed by atoms with Gasteiger partial charge >= 0.3 is 0 Å². The summed E-state index contributed by atoms with van der Waals surface area (Å²) in [5.74, 6) is -0.623. The molecule has 0 saturated heterocycles. The van der Waals surface area contributed by atoms with E-state index in [0.29, 0.717) is 24.3 Å². The van der Waals surface area contributed by atoms with Crippen LogP contribution in [0.25, 0.3) is 0 Å². The maximum absolute atomic E-state index is 12.5. The largest absolute Gasteiger partial charge is 0.326 e. The molecule has 2 amide bonds. The van der Waals surface area contributed by atoms with Gasteiger partial charge in [-0.3, -0.25) is 13.9 Å². The van der Waals surface area contributed by atoms with E-state index in [9.17, 15) is 18.0 Å². The van der Waals surface area contributed by atoms with Gasteiger partial charge in [0, 0.05) is 24.3 Å². The molecule has 0 saturated carbocycles. The summed E-state index contributed by atoms with van der Waals surface area (Å²) in [6.07, 6.45) is 3.38. The molecule has 0 spiro atoms. The number of carbonyl (C=O) groups excluding carboxylic acids is 2. The highest BCUT2D eigenvalue weighted by Crippen LogP contribution is 2.35. The second-order valence-corrected chi connectivity index (χ2v) is 9.40. The normalized spacial score (nSPS) is 18.0. The first-order chi connectivity index (χ1) is 13.8. The van der Waals surface area contributed by atoms with Crippen molar-refractivity contribution in [2.24, 2.45) is 0 Å². The molecule has 0 bridgehead atoms. The number of rotatable bonds is 5. The zero-order chi connectivity index (χ0) is 20.6. The van der Waals surface area contributed by atoms with Crippen LogP contribution < -0.4 is 14.9 Å². The van der Waals surface area contributed by atoms with Gasteiger partial charge in [0.15, 0.2) is 0 Å². The van der Waals surface area contributed by atoms with Crippen molar-refractivity contribution >= 4 is 38.9 Å². The average Bonchev–Trinajstić information content (AvgIpc) is 3.00. The predicted octanol–water partition coefficient (Wildman–Crippen LogP) is 2.85. The molecule has 8 heteroatoms. The van der Waals surface area contributed by atoms with Crippen molar-refractivity contribution in [3.05, 3.63) is 53.6 Å². The molecule has 2 aliphatic heterocycles. The molecule has 0 unspecified atom stereocenters. The lowest BCUT2D eigenvalue weighted by atomic mass is 9.95. The van der Waals surface area contributed by atoms with Gasteiger partial charge in [-0.25, -0.2) is 8.42 Å². The van der Waals surface area contributed by atoms with Gasteiger partial charge in [-0.1, -0.05) is 24.3 Å². The van der Waals surface area contributed by atoms with Gasteiger partial charge in [-0.05, 0) is 48.6 Å². The quantitative estimate of drug-likeness (QED) is 0.788. The number of benzene rings is 2. The van der Waals surface area contributed by atoms with Crippen LogP contribution in [0.1, 0.15) is 36.3 Å². The van der Waals surface area contributed by atoms with Crippen molar-refractivity contribution in [2.45, 2.75) is 31.6 Å². The van der Waals surface area contributed by atoms with Gasteiger partial charge in [-0.2, -0.15) is 0 Å². The number of nitrogens with one attached hydrogen (secondary N) is 2. The van der Waals surface area contributed by atoms with Crippen LogP contribution in [0.4, 0.5) is 17.1 Å². The molecule has 0 fully saturated rings. The van der Waals surface area contributed by atoms with E-state index in [1.165, 1.54) is 10.6 Å². The number of hydrogen-bond donors (Lipinski definition) is 2. The molecule has 0 radical (unpaired) electrons. The van der Waals surface area contributed by atoms with E-state index in [2.05, 4.69) is 10.6 Å². The molecule has 1 atom stereocenters. The van der Waals surface area contributed by atoms with Crippen LogP contribution in [-0.2, 0) is 26.0 Å². The highest BCUT2D eigenvalue weighted by molar-refractivity contribution is 7.92. The molecule has 29 heavy (non-hydrogen) atoms. The first kappa shape index (κ1) is 19.4. The van der Waals surface area contributed by atoms with Crippen molar-refractivity contribution < 1.29 is 18.0 Å². The Morgan fingerprint density at radius 1 is 1.24 bits per heavy atom. The van der Waals surface area contributed by atoms with Gasteiger partial charge in [0.1, 0.15) is 0 Å². The average molecular weight is 413 g/mol. The first-order valence-electron chi connectivity index (χ1n) is 9.63. The van der Waals surface area contributed by atoms with Crippen LogP contribution in [-0.4, -0.2) is 33.0 Å². The fourth-order valence-electron chi connectivity index (χ4n) is 4.02. The number of sulfonamides is 1. The fraction of sp³-hybridized carbons (Fsp3) is 0.333. The second-order valence-electron chi connectivity index (χ2n) is 7.50. The number of amides is 2. The fourth-order valence-corrected chi connectivity index (χ4v) is 5.01. The van der Waals surface area contributed by atoms with Gasteiger partial charge < -0.3 is 10.6 Å². The monoisotopic (exact) mass is 413 g/mol. The Hall–Kier alpha value is -2.87. The Bertz CT molecular complexity index is 1080. The number of hydrogen-bond acceptors (Lipinski definition) is 4. The molecule has 0 aromatic heterocycles. The number of aryl methyl sites for hydroxylation is 1. The number of anilines is 3. The molecule has 0 aliphatic carbocycles. The van der Waals surface area contributed by atoms with Crippen LogP contribution in [0.3, 0.4) is 0 Å². The zero-order valence-electron chi connectivity index (χ0n) is 16.1. The molecule has 2 aromatic rings. The smallest absolute Gasteiger partial charge is 0.232 e. The maximum atomic E-state index is 12.5. The minimum Gasteiger partial charge on any atom is -0.326 e. The van der Waals surface area contributed by atoms with E-state index in [-0.39, 0.29) is 24.2 Å². The molecule has 2 heterocycles. The van der Waals surface area contributed by atoms with Crippen molar-refractivity contribution in [3.63, 3.8) is 0 Å².